The van der Waals surface area contributed by atoms with E-state index in [4.69, 9.17) is 4.42 Å². The van der Waals surface area contributed by atoms with Gasteiger partial charge >= 0.3 is 11.8 Å². The molecule has 0 bridgehead atoms. The minimum atomic E-state index is -4.00. The Morgan fingerprint density at radius 3 is 2.57 bits per heavy atom. The summed E-state index contributed by atoms with van der Waals surface area (Å²) in [5.41, 5.74) is 0.285. The predicted octanol–water partition coefficient (Wildman–Crippen LogP) is 2.89. The molecule has 0 aliphatic carbocycles. The van der Waals surface area contributed by atoms with Gasteiger partial charge in [-0.25, -0.2) is 22.4 Å². The Morgan fingerprint density at radius 1 is 1.18 bits per heavy atom. The summed E-state index contributed by atoms with van der Waals surface area (Å²) in [4.78, 5) is 24.1. The summed E-state index contributed by atoms with van der Waals surface area (Å²) in [6.45, 7) is 2.37. The van der Waals surface area contributed by atoms with Crippen molar-refractivity contribution >= 4 is 32.8 Å². The lowest BCUT2D eigenvalue weighted by Crippen LogP contribution is -2.34. The van der Waals surface area contributed by atoms with Gasteiger partial charge in [0, 0.05) is 18.3 Å². The SMILES string of the molecule is CCCCNC(=O)n1c(=O)oc2cc(S(=O)(=O)Nc3ccc(F)cc3)ccc21. The van der Waals surface area contributed by atoms with Crippen LogP contribution in [0.2, 0.25) is 0 Å². The number of carbonyl (C=O) groups is 1. The van der Waals surface area contributed by atoms with Crippen molar-refractivity contribution in [1.82, 2.24) is 9.88 Å². The fourth-order valence-corrected chi connectivity index (χ4v) is 3.62. The van der Waals surface area contributed by atoms with E-state index in [1.54, 1.807) is 0 Å². The summed E-state index contributed by atoms with van der Waals surface area (Å²) in [6, 6.07) is 7.88. The third-order valence-electron chi connectivity index (χ3n) is 3.97. The smallest absolute Gasteiger partial charge is 0.407 e. The lowest BCUT2D eigenvalue weighted by atomic mass is 10.3. The highest BCUT2D eigenvalue weighted by Gasteiger charge is 2.20. The van der Waals surface area contributed by atoms with E-state index in [0.717, 1.165) is 35.6 Å². The van der Waals surface area contributed by atoms with Gasteiger partial charge in [-0.05, 0) is 42.8 Å². The first kappa shape index (κ1) is 19.6. The number of oxazole rings is 1. The van der Waals surface area contributed by atoms with Gasteiger partial charge in [-0.1, -0.05) is 13.3 Å². The Morgan fingerprint density at radius 2 is 1.89 bits per heavy atom. The van der Waals surface area contributed by atoms with Gasteiger partial charge in [0.1, 0.15) is 5.82 Å². The number of rotatable bonds is 6. The molecule has 1 amide bonds. The van der Waals surface area contributed by atoms with Crippen molar-refractivity contribution in [2.75, 3.05) is 11.3 Å². The molecule has 0 saturated carbocycles. The van der Waals surface area contributed by atoms with Crippen molar-refractivity contribution < 1.29 is 22.0 Å². The minimum Gasteiger partial charge on any atom is -0.407 e. The molecular formula is C18H18FN3O5S. The molecule has 0 atom stereocenters. The van der Waals surface area contributed by atoms with Crippen LogP contribution in [0.25, 0.3) is 11.1 Å². The van der Waals surface area contributed by atoms with Gasteiger partial charge in [0.25, 0.3) is 10.0 Å². The molecule has 3 aromatic rings. The zero-order valence-corrected chi connectivity index (χ0v) is 15.8. The first-order valence-corrected chi connectivity index (χ1v) is 10.0. The monoisotopic (exact) mass is 407 g/mol. The van der Waals surface area contributed by atoms with Crippen molar-refractivity contribution in [3.8, 4) is 0 Å². The summed E-state index contributed by atoms with van der Waals surface area (Å²) in [6.07, 6.45) is 1.64. The zero-order chi connectivity index (χ0) is 20.3. The summed E-state index contributed by atoms with van der Waals surface area (Å²) in [5, 5.41) is 2.60. The molecule has 1 aromatic heterocycles. The van der Waals surface area contributed by atoms with E-state index >= 15 is 0 Å². The molecule has 148 valence electrons. The van der Waals surface area contributed by atoms with Crippen LogP contribution in [0.3, 0.4) is 0 Å². The second-order valence-corrected chi connectivity index (χ2v) is 7.71. The molecule has 0 radical (unpaired) electrons. The highest BCUT2D eigenvalue weighted by Crippen LogP contribution is 2.21. The standard InChI is InChI=1S/C18H18FN3O5S/c1-2-3-10-20-17(23)22-15-9-8-14(11-16(15)27-18(22)24)28(25,26)21-13-6-4-12(19)5-7-13/h4-9,11,21H,2-3,10H2,1H3,(H,20,23). The third kappa shape index (κ3) is 4.06. The molecule has 10 heteroatoms. The molecular weight excluding hydrogens is 389 g/mol. The van der Waals surface area contributed by atoms with Crippen LogP contribution < -0.4 is 15.8 Å². The van der Waals surface area contributed by atoms with Crippen molar-refractivity contribution in [1.29, 1.82) is 0 Å². The average Bonchev–Trinajstić information content (AvgIpc) is 2.98. The molecule has 3 rings (SSSR count). The van der Waals surface area contributed by atoms with Crippen molar-refractivity contribution in [3.63, 3.8) is 0 Å². The van der Waals surface area contributed by atoms with Crippen LogP contribution in [0.5, 0.6) is 0 Å². The number of hydrogen-bond donors (Lipinski definition) is 2. The quantitative estimate of drug-likeness (QED) is 0.611. The van der Waals surface area contributed by atoms with E-state index in [9.17, 15) is 22.4 Å². The molecule has 8 nitrogen and oxygen atoms in total. The molecule has 0 aliphatic rings. The summed E-state index contributed by atoms with van der Waals surface area (Å²) >= 11 is 0. The normalized spacial score (nSPS) is 11.5. The number of nitrogens with one attached hydrogen (secondary N) is 2. The van der Waals surface area contributed by atoms with E-state index in [-0.39, 0.29) is 21.7 Å². The fourth-order valence-electron chi connectivity index (χ4n) is 2.54. The average molecular weight is 407 g/mol. The maximum Gasteiger partial charge on any atom is 0.428 e. The molecule has 2 aromatic carbocycles. The molecule has 0 unspecified atom stereocenters. The second-order valence-electron chi connectivity index (χ2n) is 6.03. The van der Waals surface area contributed by atoms with E-state index in [1.807, 2.05) is 6.92 Å². The van der Waals surface area contributed by atoms with Gasteiger partial charge < -0.3 is 9.73 Å². The van der Waals surface area contributed by atoms with E-state index in [0.29, 0.717) is 6.54 Å². The Kier molecular flexibility index (Phi) is 5.50. The summed E-state index contributed by atoms with van der Waals surface area (Å²) in [7, 11) is -4.00. The number of amides is 1. The Hall–Kier alpha value is -3.14. The summed E-state index contributed by atoms with van der Waals surface area (Å²) < 4.78 is 46.2. The number of hydrogen-bond acceptors (Lipinski definition) is 5. The third-order valence-corrected chi connectivity index (χ3v) is 5.35. The Labute approximate surface area is 160 Å². The Bertz CT molecular complexity index is 1170. The fraction of sp³-hybridized carbons (Fsp3) is 0.222. The number of halogens is 1. The Balaban J connectivity index is 1.91. The predicted molar refractivity (Wildman–Crippen MR) is 101 cm³/mol. The highest BCUT2D eigenvalue weighted by atomic mass is 32.2. The molecule has 0 spiro atoms. The van der Waals surface area contributed by atoms with Gasteiger partial charge in [0.15, 0.2) is 5.58 Å². The molecule has 28 heavy (non-hydrogen) atoms. The van der Waals surface area contributed by atoms with Crippen LogP contribution >= 0.6 is 0 Å². The number of fused-ring (bicyclic) bond motifs is 1. The number of unbranched alkanes of at least 4 members (excludes halogenated alkanes) is 1. The van der Waals surface area contributed by atoms with Crippen molar-refractivity contribution in [2.24, 2.45) is 0 Å². The van der Waals surface area contributed by atoms with Gasteiger partial charge in [-0.15, -0.1) is 0 Å². The number of sulfonamides is 1. The van der Waals surface area contributed by atoms with Gasteiger partial charge in [0.05, 0.1) is 10.4 Å². The minimum absolute atomic E-state index is 0.0439. The maximum atomic E-state index is 13.0. The largest absolute Gasteiger partial charge is 0.428 e. The lowest BCUT2D eigenvalue weighted by Gasteiger charge is -2.08. The molecule has 0 fully saturated rings. The number of carbonyl (C=O) groups excluding carboxylic acids is 1. The number of aromatic nitrogens is 1. The van der Waals surface area contributed by atoms with Crippen LogP contribution in [0.1, 0.15) is 19.8 Å². The van der Waals surface area contributed by atoms with Gasteiger partial charge in [0.2, 0.25) is 0 Å². The van der Waals surface area contributed by atoms with Gasteiger partial charge in [-0.3, -0.25) is 4.72 Å². The number of nitrogens with zero attached hydrogens (tertiary/aromatic N) is 1. The lowest BCUT2D eigenvalue weighted by molar-refractivity contribution is 0.241. The van der Waals surface area contributed by atoms with Crippen LogP contribution in [0.4, 0.5) is 14.9 Å². The van der Waals surface area contributed by atoms with Crippen LogP contribution in [-0.2, 0) is 10.0 Å². The topological polar surface area (TPSA) is 110 Å². The van der Waals surface area contributed by atoms with E-state index in [2.05, 4.69) is 10.0 Å². The van der Waals surface area contributed by atoms with Crippen LogP contribution in [0.15, 0.2) is 56.6 Å². The maximum absolute atomic E-state index is 13.0. The number of benzene rings is 2. The zero-order valence-electron chi connectivity index (χ0n) is 14.9. The van der Waals surface area contributed by atoms with Crippen molar-refractivity contribution in [2.45, 2.75) is 24.7 Å². The van der Waals surface area contributed by atoms with E-state index < -0.39 is 27.6 Å². The molecule has 0 aliphatic heterocycles. The molecule has 1 heterocycles. The molecule has 0 saturated heterocycles. The second kappa shape index (κ2) is 7.85. The summed E-state index contributed by atoms with van der Waals surface area (Å²) in [5.74, 6) is -1.41. The number of anilines is 1. The first-order valence-electron chi connectivity index (χ1n) is 8.54. The van der Waals surface area contributed by atoms with Crippen LogP contribution in [0, 0.1) is 5.82 Å². The van der Waals surface area contributed by atoms with E-state index in [1.165, 1.54) is 24.3 Å². The van der Waals surface area contributed by atoms with Crippen LogP contribution in [-0.4, -0.2) is 25.6 Å². The van der Waals surface area contributed by atoms with Crippen molar-refractivity contribution in [3.05, 3.63) is 58.8 Å². The van der Waals surface area contributed by atoms with Gasteiger partial charge in [-0.2, -0.15) is 4.57 Å². The highest BCUT2D eigenvalue weighted by molar-refractivity contribution is 7.92. The molecule has 2 N–H and O–H groups in total. The first-order chi connectivity index (χ1) is 13.3.